The fourth-order valence-corrected chi connectivity index (χ4v) is 4.28. The SMILES string of the molecule is CCCNC(=O)C(CC)Oc1ccc2c(c1)C(c1ccc(F)cc1)N(C(=O)c1ccco1)CC2. The van der Waals surface area contributed by atoms with E-state index in [0.717, 1.165) is 23.1 Å². The Balaban J connectivity index is 1.70. The third-order valence-corrected chi connectivity index (χ3v) is 6.02. The van der Waals surface area contributed by atoms with Gasteiger partial charge in [0.25, 0.3) is 11.8 Å². The predicted molar refractivity (Wildman–Crippen MR) is 126 cm³/mol. The molecule has 0 radical (unpaired) electrons. The highest BCUT2D eigenvalue weighted by atomic mass is 19.1. The number of benzene rings is 2. The smallest absolute Gasteiger partial charge is 0.290 e. The number of nitrogens with zero attached hydrogens (tertiary/aromatic N) is 1. The molecule has 2 atom stereocenters. The molecule has 34 heavy (non-hydrogen) atoms. The molecule has 0 saturated heterocycles. The van der Waals surface area contributed by atoms with Crippen LogP contribution in [0, 0.1) is 5.82 Å². The number of fused-ring (bicyclic) bond motifs is 1. The van der Waals surface area contributed by atoms with Gasteiger partial charge in [-0.2, -0.15) is 0 Å². The summed E-state index contributed by atoms with van der Waals surface area (Å²) in [6.45, 7) is 4.99. The fourth-order valence-electron chi connectivity index (χ4n) is 4.28. The Morgan fingerprint density at radius 3 is 2.65 bits per heavy atom. The topological polar surface area (TPSA) is 71.8 Å². The molecule has 0 bridgehead atoms. The molecular formula is C27H29FN2O4. The molecule has 1 N–H and O–H groups in total. The molecule has 1 aliphatic heterocycles. The van der Waals surface area contributed by atoms with Crippen molar-refractivity contribution < 1.29 is 23.1 Å². The molecule has 2 heterocycles. The summed E-state index contributed by atoms with van der Waals surface area (Å²) in [6.07, 6.45) is 2.89. The van der Waals surface area contributed by atoms with Crippen LogP contribution < -0.4 is 10.1 Å². The summed E-state index contributed by atoms with van der Waals surface area (Å²) >= 11 is 0. The average molecular weight is 465 g/mol. The van der Waals surface area contributed by atoms with Gasteiger partial charge in [-0.1, -0.05) is 32.0 Å². The van der Waals surface area contributed by atoms with Crippen molar-refractivity contribution in [3.63, 3.8) is 0 Å². The van der Waals surface area contributed by atoms with Gasteiger partial charge in [-0.05, 0) is 72.4 Å². The van der Waals surface area contributed by atoms with Crippen molar-refractivity contribution in [3.8, 4) is 5.75 Å². The number of rotatable bonds is 8. The van der Waals surface area contributed by atoms with Crippen molar-refractivity contribution in [3.05, 3.63) is 89.1 Å². The van der Waals surface area contributed by atoms with Crippen LogP contribution in [0.4, 0.5) is 4.39 Å². The zero-order chi connectivity index (χ0) is 24.1. The molecule has 3 aromatic rings. The number of ether oxygens (including phenoxy) is 1. The Morgan fingerprint density at radius 1 is 1.18 bits per heavy atom. The number of amides is 2. The quantitative estimate of drug-likeness (QED) is 0.515. The minimum Gasteiger partial charge on any atom is -0.481 e. The van der Waals surface area contributed by atoms with Crippen LogP contribution in [-0.2, 0) is 11.2 Å². The molecule has 0 fully saturated rings. The van der Waals surface area contributed by atoms with E-state index in [1.165, 1.54) is 18.4 Å². The largest absolute Gasteiger partial charge is 0.481 e. The van der Waals surface area contributed by atoms with Crippen molar-refractivity contribution in [2.45, 2.75) is 45.3 Å². The molecule has 1 aliphatic rings. The number of hydrogen-bond donors (Lipinski definition) is 1. The molecule has 6 nitrogen and oxygen atoms in total. The van der Waals surface area contributed by atoms with Crippen LogP contribution in [0.5, 0.6) is 5.75 Å². The molecule has 4 rings (SSSR count). The standard InChI is InChI=1S/C27H29FN2O4/c1-3-14-29-26(31)23(4-2)34-21-12-9-18-13-15-30(27(32)24-6-5-16-33-24)25(22(18)17-21)19-7-10-20(28)11-8-19/h5-12,16-17,23,25H,3-4,13-15H2,1-2H3,(H,29,31). The lowest BCUT2D eigenvalue weighted by Gasteiger charge is -2.37. The van der Waals surface area contributed by atoms with E-state index in [2.05, 4.69) is 5.32 Å². The second-order valence-corrected chi connectivity index (χ2v) is 8.35. The molecule has 7 heteroatoms. The molecular weight excluding hydrogens is 435 g/mol. The van der Waals surface area contributed by atoms with E-state index in [9.17, 15) is 14.0 Å². The zero-order valence-corrected chi connectivity index (χ0v) is 19.4. The minimum absolute atomic E-state index is 0.147. The highest BCUT2D eigenvalue weighted by Gasteiger charge is 2.34. The van der Waals surface area contributed by atoms with Crippen LogP contribution in [0.25, 0.3) is 0 Å². The maximum absolute atomic E-state index is 13.7. The number of nitrogens with one attached hydrogen (secondary N) is 1. The third-order valence-electron chi connectivity index (χ3n) is 6.02. The average Bonchev–Trinajstić information content (AvgIpc) is 3.40. The lowest BCUT2D eigenvalue weighted by atomic mass is 9.87. The molecule has 0 spiro atoms. The van der Waals surface area contributed by atoms with Gasteiger partial charge in [-0.25, -0.2) is 4.39 Å². The highest BCUT2D eigenvalue weighted by molar-refractivity contribution is 5.92. The van der Waals surface area contributed by atoms with Gasteiger partial charge in [0.1, 0.15) is 11.6 Å². The summed E-state index contributed by atoms with van der Waals surface area (Å²) in [7, 11) is 0. The fraction of sp³-hybridized carbons (Fsp3) is 0.333. The first-order chi connectivity index (χ1) is 16.5. The Morgan fingerprint density at radius 2 is 1.97 bits per heavy atom. The number of hydrogen-bond acceptors (Lipinski definition) is 4. The van der Waals surface area contributed by atoms with Gasteiger partial charge >= 0.3 is 0 Å². The Hall–Kier alpha value is -3.61. The maximum atomic E-state index is 13.7. The van der Waals surface area contributed by atoms with Crippen molar-refractivity contribution in [2.75, 3.05) is 13.1 Å². The second-order valence-electron chi connectivity index (χ2n) is 8.35. The summed E-state index contributed by atoms with van der Waals surface area (Å²) < 4.78 is 25.1. The van der Waals surface area contributed by atoms with Crippen LogP contribution in [0.3, 0.4) is 0 Å². The second kappa shape index (κ2) is 10.5. The van der Waals surface area contributed by atoms with Crippen LogP contribution in [0.15, 0.2) is 65.3 Å². The number of halogens is 1. The van der Waals surface area contributed by atoms with E-state index in [1.807, 2.05) is 32.0 Å². The monoisotopic (exact) mass is 464 g/mol. The summed E-state index contributed by atoms with van der Waals surface area (Å²) in [5, 5.41) is 2.88. The maximum Gasteiger partial charge on any atom is 0.290 e. The third kappa shape index (κ3) is 4.98. The molecule has 2 amide bonds. The van der Waals surface area contributed by atoms with E-state index >= 15 is 0 Å². The molecule has 178 valence electrons. The Kier molecular flexibility index (Phi) is 7.30. The van der Waals surface area contributed by atoms with Crippen molar-refractivity contribution in [1.29, 1.82) is 0 Å². The van der Waals surface area contributed by atoms with E-state index in [1.54, 1.807) is 29.2 Å². The predicted octanol–water partition coefficient (Wildman–Crippen LogP) is 4.89. The van der Waals surface area contributed by atoms with Crippen molar-refractivity contribution >= 4 is 11.8 Å². The first-order valence-electron chi connectivity index (χ1n) is 11.7. The summed E-state index contributed by atoms with van der Waals surface area (Å²) in [5.41, 5.74) is 2.75. The first-order valence-corrected chi connectivity index (χ1v) is 11.7. The molecule has 0 saturated carbocycles. The van der Waals surface area contributed by atoms with Crippen LogP contribution in [0.1, 0.15) is 60.0 Å². The molecule has 2 aromatic carbocycles. The summed E-state index contributed by atoms with van der Waals surface area (Å²) in [5.74, 6) is 0.0800. The number of carbonyl (C=O) groups is 2. The minimum atomic E-state index is -0.613. The van der Waals surface area contributed by atoms with Gasteiger partial charge in [0, 0.05) is 13.1 Å². The summed E-state index contributed by atoms with van der Waals surface area (Å²) in [6, 6.07) is 14.8. The van der Waals surface area contributed by atoms with E-state index in [4.69, 9.17) is 9.15 Å². The van der Waals surface area contributed by atoms with Crippen molar-refractivity contribution in [1.82, 2.24) is 10.2 Å². The van der Waals surface area contributed by atoms with E-state index < -0.39 is 12.1 Å². The number of carbonyl (C=O) groups excluding carboxylic acids is 2. The normalized spacial score (nSPS) is 16.0. The van der Waals surface area contributed by atoms with Gasteiger partial charge in [0.15, 0.2) is 11.9 Å². The first kappa shape index (κ1) is 23.5. The molecule has 2 unspecified atom stereocenters. The Labute approximate surface area is 198 Å². The number of furan rings is 1. The van der Waals surface area contributed by atoms with Gasteiger partial charge in [0.05, 0.1) is 12.3 Å². The van der Waals surface area contributed by atoms with Crippen LogP contribution >= 0.6 is 0 Å². The highest BCUT2D eigenvalue weighted by Crippen LogP contribution is 2.38. The van der Waals surface area contributed by atoms with Crippen LogP contribution in [-0.4, -0.2) is 35.9 Å². The molecule has 0 aliphatic carbocycles. The van der Waals surface area contributed by atoms with Crippen molar-refractivity contribution in [2.24, 2.45) is 0 Å². The zero-order valence-electron chi connectivity index (χ0n) is 19.4. The summed E-state index contributed by atoms with van der Waals surface area (Å²) in [4.78, 5) is 27.5. The van der Waals surface area contributed by atoms with E-state index in [-0.39, 0.29) is 23.4 Å². The van der Waals surface area contributed by atoms with Gasteiger partial charge in [0.2, 0.25) is 0 Å². The lowest BCUT2D eigenvalue weighted by molar-refractivity contribution is -0.128. The van der Waals surface area contributed by atoms with Gasteiger partial charge in [-0.3, -0.25) is 9.59 Å². The Bertz CT molecular complexity index is 1130. The van der Waals surface area contributed by atoms with Gasteiger partial charge < -0.3 is 19.4 Å². The van der Waals surface area contributed by atoms with Gasteiger partial charge in [-0.15, -0.1) is 0 Å². The lowest BCUT2D eigenvalue weighted by Crippen LogP contribution is -2.40. The van der Waals surface area contributed by atoms with Crippen LogP contribution in [0.2, 0.25) is 0 Å². The molecule has 1 aromatic heterocycles. The van der Waals surface area contributed by atoms with E-state index in [0.29, 0.717) is 31.7 Å².